The molecule has 0 heterocycles. The minimum absolute atomic E-state index is 0.600. The topological polar surface area (TPSA) is 45.0 Å². The van der Waals surface area contributed by atoms with Crippen LogP contribution in [0.5, 0.6) is 5.75 Å². The smallest absolute Gasteiger partial charge is 0.121 e. The first-order valence-corrected chi connectivity index (χ1v) is 6.07. The van der Waals surface area contributed by atoms with Crippen molar-refractivity contribution in [1.29, 1.82) is 5.26 Å². The van der Waals surface area contributed by atoms with E-state index in [0.29, 0.717) is 5.56 Å². The van der Waals surface area contributed by atoms with Gasteiger partial charge in [-0.3, -0.25) is 0 Å². The normalized spacial score (nSPS) is 9.79. The summed E-state index contributed by atoms with van der Waals surface area (Å²) in [6.07, 6.45) is 0. The van der Waals surface area contributed by atoms with Crippen LogP contribution in [-0.4, -0.2) is 7.11 Å². The van der Waals surface area contributed by atoms with Crippen molar-refractivity contribution in [2.24, 2.45) is 0 Å². The van der Waals surface area contributed by atoms with Gasteiger partial charge in [-0.1, -0.05) is 18.2 Å². The summed E-state index contributed by atoms with van der Waals surface area (Å²) in [5.41, 5.74) is 4.69. The molecule has 0 aliphatic heterocycles. The maximum atomic E-state index is 9.17. The summed E-state index contributed by atoms with van der Waals surface area (Å²) >= 11 is 0. The van der Waals surface area contributed by atoms with E-state index in [1.165, 1.54) is 0 Å². The molecule has 3 nitrogen and oxygen atoms in total. The number of aryl methyl sites for hydroxylation is 2. The molecule has 1 N–H and O–H groups in total. The molecule has 96 valence electrons. The van der Waals surface area contributed by atoms with Gasteiger partial charge in [-0.2, -0.15) is 5.26 Å². The second-order valence-corrected chi connectivity index (χ2v) is 4.42. The average Bonchev–Trinajstić information content (AvgIpc) is 2.42. The van der Waals surface area contributed by atoms with Crippen LogP contribution in [0, 0.1) is 25.2 Å². The Morgan fingerprint density at radius 3 is 2.37 bits per heavy atom. The standard InChI is InChI=1S/C16H16N2O/c1-11-5-4-6-12(2)16(11)18-15-9-14(19-3)8-7-13(15)10-17/h4-9,18H,1-3H3. The summed E-state index contributed by atoms with van der Waals surface area (Å²) in [6.45, 7) is 4.09. The van der Waals surface area contributed by atoms with Gasteiger partial charge < -0.3 is 10.1 Å². The second kappa shape index (κ2) is 5.45. The minimum Gasteiger partial charge on any atom is -0.497 e. The number of nitriles is 1. The Labute approximate surface area is 113 Å². The number of ether oxygens (including phenoxy) is 1. The number of rotatable bonds is 3. The quantitative estimate of drug-likeness (QED) is 0.900. The first kappa shape index (κ1) is 13.0. The average molecular weight is 252 g/mol. The van der Waals surface area contributed by atoms with Crippen molar-refractivity contribution in [2.75, 3.05) is 12.4 Å². The number of hydrogen-bond donors (Lipinski definition) is 1. The first-order chi connectivity index (χ1) is 9.15. The van der Waals surface area contributed by atoms with E-state index in [1.54, 1.807) is 19.2 Å². The van der Waals surface area contributed by atoms with E-state index in [0.717, 1.165) is 28.3 Å². The van der Waals surface area contributed by atoms with Gasteiger partial charge in [0.1, 0.15) is 11.8 Å². The lowest BCUT2D eigenvalue weighted by Gasteiger charge is -2.14. The monoisotopic (exact) mass is 252 g/mol. The summed E-state index contributed by atoms with van der Waals surface area (Å²) < 4.78 is 5.20. The molecule has 2 aromatic rings. The highest BCUT2D eigenvalue weighted by Gasteiger charge is 2.07. The lowest BCUT2D eigenvalue weighted by atomic mass is 10.1. The highest BCUT2D eigenvalue weighted by Crippen LogP contribution is 2.28. The fourth-order valence-electron chi connectivity index (χ4n) is 2.00. The molecule has 0 radical (unpaired) electrons. The van der Waals surface area contributed by atoms with Gasteiger partial charge in [0.2, 0.25) is 0 Å². The third-order valence-electron chi connectivity index (χ3n) is 3.09. The maximum Gasteiger partial charge on any atom is 0.121 e. The Balaban J connectivity index is 2.46. The van der Waals surface area contributed by atoms with Crippen molar-refractivity contribution in [3.05, 3.63) is 53.1 Å². The van der Waals surface area contributed by atoms with E-state index in [4.69, 9.17) is 10.00 Å². The molecule has 0 bridgehead atoms. The van der Waals surface area contributed by atoms with Crippen molar-refractivity contribution in [1.82, 2.24) is 0 Å². The molecule has 2 rings (SSSR count). The van der Waals surface area contributed by atoms with E-state index >= 15 is 0 Å². The minimum atomic E-state index is 0.600. The van der Waals surface area contributed by atoms with Crippen LogP contribution < -0.4 is 10.1 Å². The molecule has 0 spiro atoms. The third-order valence-corrected chi connectivity index (χ3v) is 3.09. The van der Waals surface area contributed by atoms with E-state index in [9.17, 15) is 0 Å². The number of para-hydroxylation sites is 1. The number of nitrogens with zero attached hydrogens (tertiary/aromatic N) is 1. The van der Waals surface area contributed by atoms with Gasteiger partial charge in [-0.05, 0) is 37.1 Å². The molecule has 0 amide bonds. The summed E-state index contributed by atoms with van der Waals surface area (Å²) in [4.78, 5) is 0. The predicted octanol–water partition coefficient (Wildman–Crippen LogP) is 3.93. The van der Waals surface area contributed by atoms with Gasteiger partial charge in [0, 0.05) is 11.8 Å². The van der Waals surface area contributed by atoms with Gasteiger partial charge in [0.05, 0.1) is 18.4 Å². The van der Waals surface area contributed by atoms with Crippen molar-refractivity contribution in [3.8, 4) is 11.8 Å². The second-order valence-electron chi connectivity index (χ2n) is 4.42. The van der Waals surface area contributed by atoms with E-state index in [1.807, 2.05) is 38.1 Å². The van der Waals surface area contributed by atoms with Crippen LogP contribution in [0.1, 0.15) is 16.7 Å². The molecule has 3 heteroatoms. The van der Waals surface area contributed by atoms with Gasteiger partial charge in [-0.25, -0.2) is 0 Å². The first-order valence-electron chi connectivity index (χ1n) is 6.07. The zero-order valence-electron chi connectivity index (χ0n) is 11.3. The molecule has 0 saturated carbocycles. The Bertz CT molecular complexity index is 621. The number of hydrogen-bond acceptors (Lipinski definition) is 3. The van der Waals surface area contributed by atoms with Crippen LogP contribution in [-0.2, 0) is 0 Å². The van der Waals surface area contributed by atoms with Crippen LogP contribution in [0.15, 0.2) is 36.4 Å². The van der Waals surface area contributed by atoms with Gasteiger partial charge >= 0.3 is 0 Å². The Morgan fingerprint density at radius 1 is 1.11 bits per heavy atom. The number of benzene rings is 2. The zero-order valence-corrected chi connectivity index (χ0v) is 11.3. The number of methoxy groups -OCH3 is 1. The molecular weight excluding hydrogens is 236 g/mol. The molecule has 0 atom stereocenters. The van der Waals surface area contributed by atoms with Crippen molar-refractivity contribution < 1.29 is 4.74 Å². The molecule has 0 saturated heterocycles. The predicted molar refractivity (Wildman–Crippen MR) is 76.9 cm³/mol. The molecule has 0 unspecified atom stereocenters. The van der Waals surface area contributed by atoms with Crippen molar-refractivity contribution in [2.45, 2.75) is 13.8 Å². The van der Waals surface area contributed by atoms with Crippen molar-refractivity contribution >= 4 is 11.4 Å². The Kier molecular flexibility index (Phi) is 3.72. The van der Waals surface area contributed by atoms with Gasteiger partial charge in [0.25, 0.3) is 0 Å². The molecule has 0 aliphatic rings. The molecule has 2 aromatic carbocycles. The molecule has 19 heavy (non-hydrogen) atoms. The van der Waals surface area contributed by atoms with Gasteiger partial charge in [-0.15, -0.1) is 0 Å². The molecule has 0 aliphatic carbocycles. The zero-order chi connectivity index (χ0) is 13.8. The summed E-state index contributed by atoms with van der Waals surface area (Å²) in [7, 11) is 1.62. The SMILES string of the molecule is COc1ccc(C#N)c(Nc2c(C)cccc2C)c1. The Hall–Kier alpha value is -2.47. The highest BCUT2D eigenvalue weighted by atomic mass is 16.5. The van der Waals surface area contributed by atoms with Crippen LogP contribution in [0.4, 0.5) is 11.4 Å². The summed E-state index contributed by atoms with van der Waals surface area (Å²) in [6, 6.07) is 13.7. The number of anilines is 2. The molecule has 0 aromatic heterocycles. The van der Waals surface area contributed by atoms with Crippen LogP contribution in [0.2, 0.25) is 0 Å². The summed E-state index contributed by atoms with van der Waals surface area (Å²) in [5, 5.41) is 12.5. The highest BCUT2D eigenvalue weighted by molar-refractivity contribution is 5.72. The van der Waals surface area contributed by atoms with E-state index < -0.39 is 0 Å². The fourth-order valence-corrected chi connectivity index (χ4v) is 2.00. The van der Waals surface area contributed by atoms with Gasteiger partial charge in [0.15, 0.2) is 0 Å². The van der Waals surface area contributed by atoms with Crippen LogP contribution in [0.25, 0.3) is 0 Å². The number of nitrogens with one attached hydrogen (secondary N) is 1. The lowest BCUT2D eigenvalue weighted by molar-refractivity contribution is 0.415. The largest absolute Gasteiger partial charge is 0.497 e. The van der Waals surface area contributed by atoms with Crippen LogP contribution >= 0.6 is 0 Å². The van der Waals surface area contributed by atoms with Crippen LogP contribution in [0.3, 0.4) is 0 Å². The fraction of sp³-hybridized carbons (Fsp3) is 0.188. The van der Waals surface area contributed by atoms with Crippen molar-refractivity contribution in [3.63, 3.8) is 0 Å². The van der Waals surface area contributed by atoms with E-state index in [-0.39, 0.29) is 0 Å². The molecule has 0 fully saturated rings. The third kappa shape index (κ3) is 2.69. The summed E-state index contributed by atoms with van der Waals surface area (Å²) in [5.74, 6) is 0.729. The Morgan fingerprint density at radius 2 is 1.79 bits per heavy atom. The van der Waals surface area contributed by atoms with E-state index in [2.05, 4.69) is 11.4 Å². The lowest BCUT2D eigenvalue weighted by Crippen LogP contribution is -1.98. The maximum absolute atomic E-state index is 9.17. The molecular formula is C16H16N2O.